The van der Waals surface area contributed by atoms with Gasteiger partial charge in [-0.05, 0) is 31.1 Å². The maximum absolute atomic E-state index is 13.2. The molecule has 2 rings (SSSR count). The van der Waals surface area contributed by atoms with Crippen molar-refractivity contribution in [3.63, 3.8) is 0 Å². The summed E-state index contributed by atoms with van der Waals surface area (Å²) in [6, 6.07) is 0.0278. The second-order valence-electron chi connectivity index (χ2n) is 9.14. The van der Waals surface area contributed by atoms with Gasteiger partial charge in [0.1, 0.15) is 0 Å². The second kappa shape index (κ2) is 9.02. The van der Waals surface area contributed by atoms with E-state index in [4.69, 9.17) is 0 Å². The predicted octanol–water partition coefficient (Wildman–Crippen LogP) is 1.68. The first-order valence-electron chi connectivity index (χ1n) is 9.96. The zero-order valence-electron chi connectivity index (χ0n) is 16.6. The van der Waals surface area contributed by atoms with Crippen LogP contribution in [-0.2, 0) is 14.6 Å². The van der Waals surface area contributed by atoms with Gasteiger partial charge in [0.25, 0.3) is 0 Å². The first-order valence-corrected chi connectivity index (χ1v) is 11.8. The third-order valence-electron chi connectivity index (χ3n) is 5.30. The van der Waals surface area contributed by atoms with E-state index in [9.17, 15) is 18.3 Å². The molecule has 2 aliphatic rings. The van der Waals surface area contributed by atoms with Gasteiger partial charge in [0.15, 0.2) is 9.84 Å². The molecular weight excluding hydrogens is 352 g/mol. The van der Waals surface area contributed by atoms with E-state index in [-0.39, 0.29) is 41.5 Å². The van der Waals surface area contributed by atoms with Crippen LogP contribution in [0, 0.1) is 5.41 Å². The van der Waals surface area contributed by atoms with Crippen LogP contribution in [0.4, 0.5) is 0 Å². The Morgan fingerprint density at radius 1 is 1.12 bits per heavy atom. The standard InChI is InChI=1S/C19H36N2O4S/c1-19(2,3)15-20(10-6-11-22)13-18(23)21(16-7-4-5-8-16)17-9-12-26(24,25)14-17/h16-17,22H,4-15H2,1-3H3. The molecule has 6 nitrogen and oxygen atoms in total. The summed E-state index contributed by atoms with van der Waals surface area (Å²) in [4.78, 5) is 17.3. The Morgan fingerprint density at radius 2 is 1.77 bits per heavy atom. The molecule has 26 heavy (non-hydrogen) atoms. The van der Waals surface area contributed by atoms with Crippen molar-refractivity contribution in [1.29, 1.82) is 0 Å². The van der Waals surface area contributed by atoms with E-state index >= 15 is 0 Å². The van der Waals surface area contributed by atoms with Crippen molar-refractivity contribution in [2.75, 3.05) is 37.7 Å². The lowest BCUT2D eigenvalue weighted by Crippen LogP contribution is -2.51. The van der Waals surface area contributed by atoms with Gasteiger partial charge in [-0.25, -0.2) is 8.42 Å². The molecule has 0 radical (unpaired) electrons. The van der Waals surface area contributed by atoms with Crippen molar-refractivity contribution in [1.82, 2.24) is 9.80 Å². The number of rotatable bonds is 8. The van der Waals surface area contributed by atoms with Gasteiger partial charge < -0.3 is 10.0 Å². The largest absolute Gasteiger partial charge is 0.396 e. The summed E-state index contributed by atoms with van der Waals surface area (Å²) in [5.74, 6) is 0.372. The Bertz CT molecular complexity index is 565. The van der Waals surface area contributed by atoms with Crippen molar-refractivity contribution in [2.45, 2.75) is 71.4 Å². The number of carbonyl (C=O) groups is 1. The third kappa shape index (κ3) is 6.50. The summed E-state index contributed by atoms with van der Waals surface area (Å²) in [6.07, 6.45) is 5.41. The number of hydrogen-bond acceptors (Lipinski definition) is 5. The van der Waals surface area contributed by atoms with Gasteiger partial charge in [0.2, 0.25) is 5.91 Å². The quantitative estimate of drug-likeness (QED) is 0.684. The molecule has 1 N–H and O–H groups in total. The number of nitrogens with zero attached hydrogens (tertiary/aromatic N) is 2. The van der Waals surface area contributed by atoms with Crippen LogP contribution in [0.5, 0.6) is 0 Å². The molecule has 0 bridgehead atoms. The average molecular weight is 389 g/mol. The fourth-order valence-electron chi connectivity index (χ4n) is 4.33. The van der Waals surface area contributed by atoms with Gasteiger partial charge in [0.05, 0.1) is 18.1 Å². The summed E-state index contributed by atoms with van der Waals surface area (Å²) in [6.45, 7) is 8.30. The van der Waals surface area contributed by atoms with Crippen LogP contribution in [-0.4, -0.2) is 79.1 Å². The van der Waals surface area contributed by atoms with E-state index in [1.54, 1.807) is 0 Å². The molecule has 1 heterocycles. The zero-order chi connectivity index (χ0) is 19.4. The molecular formula is C19H36N2O4S. The van der Waals surface area contributed by atoms with Gasteiger partial charge in [0, 0.05) is 31.8 Å². The molecule has 2 fully saturated rings. The minimum absolute atomic E-state index is 0.0567. The Kier molecular flexibility index (Phi) is 7.51. The highest BCUT2D eigenvalue weighted by Crippen LogP contribution is 2.29. The van der Waals surface area contributed by atoms with Crippen molar-refractivity contribution in [3.05, 3.63) is 0 Å². The predicted molar refractivity (Wildman–Crippen MR) is 104 cm³/mol. The molecule has 1 saturated carbocycles. The van der Waals surface area contributed by atoms with Crippen LogP contribution in [0.2, 0.25) is 0 Å². The van der Waals surface area contributed by atoms with Crippen molar-refractivity contribution in [3.8, 4) is 0 Å². The van der Waals surface area contributed by atoms with Gasteiger partial charge in [-0.15, -0.1) is 0 Å². The summed E-state index contributed by atoms with van der Waals surface area (Å²) < 4.78 is 23.9. The van der Waals surface area contributed by atoms with Crippen LogP contribution in [0.15, 0.2) is 0 Å². The van der Waals surface area contributed by atoms with E-state index in [0.29, 0.717) is 25.9 Å². The van der Waals surface area contributed by atoms with Gasteiger partial charge in [-0.2, -0.15) is 0 Å². The van der Waals surface area contributed by atoms with Crippen LogP contribution in [0.3, 0.4) is 0 Å². The van der Waals surface area contributed by atoms with E-state index in [1.165, 1.54) is 0 Å². The number of carbonyl (C=O) groups excluding carboxylic acids is 1. The van der Waals surface area contributed by atoms with Crippen LogP contribution in [0.1, 0.15) is 59.3 Å². The molecule has 1 atom stereocenters. The van der Waals surface area contributed by atoms with Crippen molar-refractivity contribution >= 4 is 15.7 Å². The van der Waals surface area contributed by atoms with E-state index in [0.717, 1.165) is 32.2 Å². The maximum atomic E-state index is 13.2. The smallest absolute Gasteiger partial charge is 0.237 e. The molecule has 1 unspecified atom stereocenters. The Morgan fingerprint density at radius 3 is 2.27 bits per heavy atom. The minimum atomic E-state index is -3.02. The normalized spacial score (nSPS) is 23.7. The van der Waals surface area contributed by atoms with E-state index < -0.39 is 9.84 Å². The SMILES string of the molecule is CC(C)(C)CN(CCCO)CC(=O)N(C1CCCC1)C1CCS(=O)(=O)C1. The molecule has 1 aliphatic carbocycles. The minimum Gasteiger partial charge on any atom is -0.396 e. The summed E-state index contributed by atoms with van der Waals surface area (Å²) in [5.41, 5.74) is 0.0601. The zero-order valence-corrected chi connectivity index (χ0v) is 17.4. The van der Waals surface area contributed by atoms with Crippen LogP contribution < -0.4 is 0 Å². The summed E-state index contributed by atoms with van der Waals surface area (Å²) in [5, 5.41) is 9.17. The lowest BCUT2D eigenvalue weighted by atomic mass is 9.96. The Labute approximate surface area is 158 Å². The van der Waals surface area contributed by atoms with Crippen LogP contribution >= 0.6 is 0 Å². The van der Waals surface area contributed by atoms with Gasteiger partial charge in [-0.3, -0.25) is 9.69 Å². The third-order valence-corrected chi connectivity index (χ3v) is 7.05. The number of hydrogen-bond donors (Lipinski definition) is 1. The van der Waals surface area contributed by atoms with E-state index in [1.807, 2.05) is 4.90 Å². The van der Waals surface area contributed by atoms with E-state index in [2.05, 4.69) is 25.7 Å². The molecule has 0 aromatic rings. The number of aliphatic hydroxyl groups excluding tert-OH is 1. The Hall–Kier alpha value is -0.660. The molecule has 1 amide bonds. The fraction of sp³-hybridized carbons (Fsp3) is 0.947. The highest BCUT2D eigenvalue weighted by atomic mass is 32.2. The molecule has 0 aromatic heterocycles. The average Bonchev–Trinajstić information content (AvgIpc) is 3.14. The fourth-order valence-corrected chi connectivity index (χ4v) is 6.05. The summed E-state index contributed by atoms with van der Waals surface area (Å²) >= 11 is 0. The lowest BCUT2D eigenvalue weighted by molar-refractivity contribution is -0.137. The molecule has 0 aromatic carbocycles. The number of aliphatic hydroxyl groups is 1. The maximum Gasteiger partial charge on any atom is 0.237 e. The first-order chi connectivity index (χ1) is 12.1. The highest BCUT2D eigenvalue weighted by molar-refractivity contribution is 7.91. The lowest BCUT2D eigenvalue weighted by Gasteiger charge is -2.37. The monoisotopic (exact) mass is 388 g/mol. The number of amides is 1. The van der Waals surface area contributed by atoms with Gasteiger partial charge in [-0.1, -0.05) is 33.6 Å². The van der Waals surface area contributed by atoms with Crippen LogP contribution in [0.25, 0.3) is 0 Å². The highest BCUT2D eigenvalue weighted by Gasteiger charge is 2.39. The molecule has 7 heteroatoms. The molecule has 1 saturated heterocycles. The number of sulfone groups is 1. The molecule has 1 aliphatic heterocycles. The first kappa shape index (κ1) is 21.6. The Balaban J connectivity index is 2.10. The van der Waals surface area contributed by atoms with Crippen molar-refractivity contribution in [2.24, 2.45) is 5.41 Å². The van der Waals surface area contributed by atoms with Gasteiger partial charge >= 0.3 is 0 Å². The second-order valence-corrected chi connectivity index (χ2v) is 11.4. The van der Waals surface area contributed by atoms with Crippen molar-refractivity contribution < 1.29 is 18.3 Å². The topological polar surface area (TPSA) is 77.9 Å². The molecule has 0 spiro atoms. The summed E-state index contributed by atoms with van der Waals surface area (Å²) in [7, 11) is -3.02. The molecule has 152 valence electrons.